The van der Waals surface area contributed by atoms with Crippen molar-refractivity contribution in [1.29, 1.82) is 0 Å². The topological polar surface area (TPSA) is 66.8 Å². The number of benzene rings is 1. The van der Waals surface area contributed by atoms with Crippen LogP contribution in [0.5, 0.6) is 11.5 Å². The van der Waals surface area contributed by atoms with Gasteiger partial charge in [-0.1, -0.05) is 6.07 Å². The molecule has 0 aliphatic heterocycles. The lowest BCUT2D eigenvalue weighted by atomic mass is 10.2. The smallest absolute Gasteiger partial charge is 0.328 e. The first kappa shape index (κ1) is 11.1. The number of ether oxygens (including phenoxy) is 1. The van der Waals surface area contributed by atoms with Crippen molar-refractivity contribution >= 4 is 12.0 Å². The average Bonchev–Trinajstić information content (AvgIpc) is 2.19. The van der Waals surface area contributed by atoms with Gasteiger partial charge < -0.3 is 14.9 Å². The zero-order valence-corrected chi connectivity index (χ0v) is 8.30. The van der Waals surface area contributed by atoms with Crippen LogP contribution in [0.25, 0.3) is 6.08 Å². The molecule has 0 saturated carbocycles. The molecule has 0 spiro atoms. The number of phenolic OH excluding ortho intramolecular Hbond substituents is 1. The normalized spacial score (nSPS) is 10.5. The molecule has 2 N–H and O–H groups in total. The Bertz CT molecular complexity index is 382. The molecule has 4 heteroatoms. The van der Waals surface area contributed by atoms with Gasteiger partial charge in [-0.05, 0) is 30.7 Å². The number of phenols is 1. The Balaban J connectivity index is 2.86. The first-order valence-corrected chi connectivity index (χ1v) is 4.50. The fraction of sp³-hybridized carbons (Fsp3) is 0.182. The fourth-order valence-electron chi connectivity index (χ4n) is 1.08. The zero-order valence-electron chi connectivity index (χ0n) is 8.30. The first-order chi connectivity index (χ1) is 7.13. The molecule has 0 saturated heterocycles. The van der Waals surface area contributed by atoms with Gasteiger partial charge in [-0.3, -0.25) is 0 Å². The van der Waals surface area contributed by atoms with Crippen LogP contribution in [0.4, 0.5) is 0 Å². The van der Waals surface area contributed by atoms with Crippen molar-refractivity contribution < 1.29 is 19.7 Å². The van der Waals surface area contributed by atoms with E-state index in [1.165, 1.54) is 12.1 Å². The first-order valence-electron chi connectivity index (χ1n) is 4.50. The summed E-state index contributed by atoms with van der Waals surface area (Å²) in [6.45, 7) is 2.29. The van der Waals surface area contributed by atoms with Crippen LogP contribution in [0, 0.1) is 0 Å². The van der Waals surface area contributed by atoms with Crippen molar-refractivity contribution in [3.63, 3.8) is 0 Å². The van der Waals surface area contributed by atoms with Crippen LogP contribution in [0.2, 0.25) is 0 Å². The summed E-state index contributed by atoms with van der Waals surface area (Å²) < 4.78 is 5.13. The van der Waals surface area contributed by atoms with E-state index < -0.39 is 5.97 Å². The number of hydrogen-bond acceptors (Lipinski definition) is 3. The second kappa shape index (κ2) is 5.05. The van der Waals surface area contributed by atoms with Gasteiger partial charge in [0.25, 0.3) is 0 Å². The second-order valence-corrected chi connectivity index (χ2v) is 2.83. The highest BCUT2D eigenvalue weighted by atomic mass is 16.5. The van der Waals surface area contributed by atoms with E-state index in [0.29, 0.717) is 17.9 Å². The molecule has 0 radical (unpaired) electrons. The molecule has 0 aromatic heterocycles. The molecule has 1 aromatic carbocycles. The van der Waals surface area contributed by atoms with Crippen LogP contribution in [0.1, 0.15) is 12.5 Å². The summed E-state index contributed by atoms with van der Waals surface area (Å²) in [6, 6.07) is 4.72. The molecule has 1 rings (SSSR count). The van der Waals surface area contributed by atoms with E-state index >= 15 is 0 Å². The fourth-order valence-corrected chi connectivity index (χ4v) is 1.08. The van der Waals surface area contributed by atoms with Gasteiger partial charge in [0.2, 0.25) is 0 Å². The van der Waals surface area contributed by atoms with Gasteiger partial charge in [-0.15, -0.1) is 0 Å². The van der Waals surface area contributed by atoms with Crippen LogP contribution in [-0.2, 0) is 4.79 Å². The summed E-state index contributed by atoms with van der Waals surface area (Å²) in [5.74, 6) is -0.627. The van der Waals surface area contributed by atoms with Crippen molar-refractivity contribution in [1.82, 2.24) is 0 Å². The Labute approximate surface area is 87.4 Å². The van der Waals surface area contributed by atoms with Gasteiger partial charge >= 0.3 is 5.97 Å². The van der Waals surface area contributed by atoms with Gasteiger partial charge in [-0.25, -0.2) is 4.79 Å². The summed E-state index contributed by atoms with van der Waals surface area (Å²) in [5, 5.41) is 17.9. The maximum Gasteiger partial charge on any atom is 0.328 e. The number of carbonyl (C=O) groups is 1. The minimum Gasteiger partial charge on any atom is -0.504 e. The maximum atomic E-state index is 10.3. The molecule has 0 fully saturated rings. The lowest BCUT2D eigenvalue weighted by Gasteiger charge is -2.05. The maximum absolute atomic E-state index is 10.3. The Hall–Kier alpha value is -1.97. The lowest BCUT2D eigenvalue weighted by molar-refractivity contribution is -0.131. The number of rotatable bonds is 4. The number of aromatic hydroxyl groups is 1. The quantitative estimate of drug-likeness (QED) is 0.741. The van der Waals surface area contributed by atoms with E-state index in [9.17, 15) is 9.90 Å². The van der Waals surface area contributed by atoms with E-state index in [2.05, 4.69) is 0 Å². The van der Waals surface area contributed by atoms with Gasteiger partial charge in [0, 0.05) is 6.08 Å². The van der Waals surface area contributed by atoms with E-state index in [1.54, 1.807) is 12.1 Å². The summed E-state index contributed by atoms with van der Waals surface area (Å²) in [4.78, 5) is 10.3. The Kier molecular flexibility index (Phi) is 3.74. The molecule has 0 unspecified atom stereocenters. The monoisotopic (exact) mass is 208 g/mol. The molecule has 0 heterocycles. The number of carboxylic acids is 1. The van der Waals surface area contributed by atoms with Crippen molar-refractivity contribution in [3.8, 4) is 11.5 Å². The van der Waals surface area contributed by atoms with Crippen molar-refractivity contribution in [2.45, 2.75) is 6.92 Å². The van der Waals surface area contributed by atoms with Crippen LogP contribution < -0.4 is 4.74 Å². The molecule has 0 aliphatic carbocycles. The van der Waals surface area contributed by atoms with Gasteiger partial charge in [0.05, 0.1) is 6.61 Å². The number of hydrogen-bond donors (Lipinski definition) is 2. The lowest BCUT2D eigenvalue weighted by Crippen LogP contribution is -1.91. The Morgan fingerprint density at radius 1 is 1.53 bits per heavy atom. The molecule has 0 bridgehead atoms. The van der Waals surface area contributed by atoms with Crippen LogP contribution in [0.15, 0.2) is 24.3 Å². The van der Waals surface area contributed by atoms with Crippen molar-refractivity contribution in [2.75, 3.05) is 6.61 Å². The average molecular weight is 208 g/mol. The molecule has 0 atom stereocenters. The van der Waals surface area contributed by atoms with Crippen molar-refractivity contribution in [2.24, 2.45) is 0 Å². The summed E-state index contributed by atoms with van der Waals surface area (Å²) in [7, 11) is 0. The molecule has 1 aromatic rings. The molecular weight excluding hydrogens is 196 g/mol. The Morgan fingerprint density at radius 3 is 2.80 bits per heavy atom. The molecule has 0 amide bonds. The third kappa shape index (κ3) is 3.34. The molecular formula is C11H12O4. The minimum absolute atomic E-state index is 0.00406. The highest BCUT2D eigenvalue weighted by molar-refractivity contribution is 5.85. The minimum atomic E-state index is -1.02. The van der Waals surface area contributed by atoms with Gasteiger partial charge in [-0.2, -0.15) is 0 Å². The number of carboxylic acid groups (broad SMARTS) is 1. The predicted molar refractivity (Wildman–Crippen MR) is 55.9 cm³/mol. The van der Waals surface area contributed by atoms with Crippen LogP contribution in [0.3, 0.4) is 0 Å². The summed E-state index contributed by atoms with van der Waals surface area (Å²) >= 11 is 0. The third-order valence-electron chi connectivity index (χ3n) is 1.70. The largest absolute Gasteiger partial charge is 0.504 e. The molecule has 15 heavy (non-hydrogen) atoms. The predicted octanol–water partition coefficient (Wildman–Crippen LogP) is 1.89. The van der Waals surface area contributed by atoms with E-state index in [4.69, 9.17) is 9.84 Å². The zero-order chi connectivity index (χ0) is 11.3. The highest BCUT2D eigenvalue weighted by Gasteiger charge is 2.01. The van der Waals surface area contributed by atoms with E-state index in [1.807, 2.05) is 6.92 Å². The Morgan fingerprint density at radius 2 is 2.27 bits per heavy atom. The SMILES string of the molecule is CCOc1ccc(C=CC(=O)O)cc1O. The van der Waals surface area contributed by atoms with Crippen LogP contribution in [-0.4, -0.2) is 22.8 Å². The standard InChI is InChI=1S/C11H12O4/c1-2-15-10-5-3-8(7-9(10)12)4-6-11(13)14/h3-7,12H,2H2,1H3,(H,13,14). The highest BCUT2D eigenvalue weighted by Crippen LogP contribution is 2.27. The van der Waals surface area contributed by atoms with Crippen LogP contribution >= 0.6 is 0 Å². The number of aliphatic carboxylic acids is 1. The molecule has 80 valence electrons. The van der Waals surface area contributed by atoms with E-state index in [-0.39, 0.29) is 5.75 Å². The van der Waals surface area contributed by atoms with Gasteiger partial charge in [0.15, 0.2) is 11.5 Å². The molecule has 4 nitrogen and oxygen atoms in total. The summed E-state index contributed by atoms with van der Waals surface area (Å²) in [5.41, 5.74) is 0.610. The van der Waals surface area contributed by atoms with E-state index in [0.717, 1.165) is 6.08 Å². The molecule has 0 aliphatic rings. The third-order valence-corrected chi connectivity index (χ3v) is 1.70. The summed E-state index contributed by atoms with van der Waals surface area (Å²) in [6.07, 6.45) is 2.41. The van der Waals surface area contributed by atoms with Crippen molar-refractivity contribution in [3.05, 3.63) is 29.8 Å². The van der Waals surface area contributed by atoms with Gasteiger partial charge in [0.1, 0.15) is 0 Å². The second-order valence-electron chi connectivity index (χ2n) is 2.83.